The molecule has 5 nitrogen and oxygen atoms in total. The maximum absolute atomic E-state index is 12.2. The largest absolute Gasteiger partial charge is 0.348 e. The summed E-state index contributed by atoms with van der Waals surface area (Å²) in [6, 6.07) is 6.72. The van der Waals surface area contributed by atoms with Gasteiger partial charge < -0.3 is 16.0 Å². The zero-order valence-electron chi connectivity index (χ0n) is 13.5. The first-order valence-corrected chi connectivity index (χ1v) is 7.32. The Hall–Kier alpha value is -1.59. The number of benzene rings is 1. The Kier molecular flexibility index (Phi) is 9.45. The maximum atomic E-state index is 12.2. The van der Waals surface area contributed by atoms with Crippen LogP contribution in [-0.4, -0.2) is 43.4 Å². The molecule has 0 heterocycles. The van der Waals surface area contributed by atoms with Gasteiger partial charge in [0.2, 0.25) is 0 Å². The van der Waals surface area contributed by atoms with Gasteiger partial charge in [-0.15, -0.1) is 12.4 Å². The first kappa shape index (κ1) is 20.4. The molecule has 0 aromatic heterocycles. The van der Waals surface area contributed by atoms with Gasteiger partial charge in [-0.1, -0.05) is 25.8 Å². The third-order valence-corrected chi connectivity index (χ3v) is 3.30. The van der Waals surface area contributed by atoms with E-state index in [9.17, 15) is 9.59 Å². The van der Waals surface area contributed by atoms with Crippen molar-refractivity contribution in [2.75, 3.05) is 20.6 Å². The van der Waals surface area contributed by atoms with Gasteiger partial charge in [0, 0.05) is 37.8 Å². The molecular weight excluding hydrogens is 302 g/mol. The van der Waals surface area contributed by atoms with Crippen molar-refractivity contribution in [2.45, 2.75) is 32.2 Å². The van der Waals surface area contributed by atoms with Crippen molar-refractivity contribution in [3.8, 4) is 0 Å². The molecule has 0 aliphatic carbocycles. The molecule has 3 N–H and O–H groups in total. The zero-order chi connectivity index (χ0) is 15.8. The van der Waals surface area contributed by atoms with E-state index in [-0.39, 0.29) is 30.3 Å². The van der Waals surface area contributed by atoms with Crippen molar-refractivity contribution < 1.29 is 9.59 Å². The third-order valence-electron chi connectivity index (χ3n) is 3.30. The molecule has 0 fully saturated rings. The molecule has 1 aromatic carbocycles. The highest BCUT2D eigenvalue weighted by atomic mass is 35.5. The number of nitrogens with two attached hydrogens (primary N) is 1. The molecule has 1 rings (SSSR count). The number of nitrogens with one attached hydrogen (secondary N) is 1. The van der Waals surface area contributed by atoms with Crippen LogP contribution in [-0.2, 0) is 0 Å². The average molecular weight is 328 g/mol. The Balaban J connectivity index is 0.00000441. The van der Waals surface area contributed by atoms with Gasteiger partial charge in [-0.3, -0.25) is 9.59 Å². The van der Waals surface area contributed by atoms with Crippen LogP contribution >= 0.6 is 12.4 Å². The van der Waals surface area contributed by atoms with Gasteiger partial charge in [-0.25, -0.2) is 0 Å². The Morgan fingerprint density at radius 2 is 1.91 bits per heavy atom. The number of carbonyl (C=O) groups excluding carboxylic acids is 2. The van der Waals surface area contributed by atoms with Gasteiger partial charge in [-0.2, -0.15) is 0 Å². The Morgan fingerprint density at radius 3 is 2.45 bits per heavy atom. The van der Waals surface area contributed by atoms with Crippen molar-refractivity contribution in [1.29, 1.82) is 0 Å². The van der Waals surface area contributed by atoms with Crippen LogP contribution in [0.2, 0.25) is 0 Å². The van der Waals surface area contributed by atoms with E-state index < -0.39 is 0 Å². The van der Waals surface area contributed by atoms with Gasteiger partial charge in [0.05, 0.1) is 0 Å². The number of amides is 2. The summed E-state index contributed by atoms with van der Waals surface area (Å²) in [5.41, 5.74) is 6.67. The van der Waals surface area contributed by atoms with Crippen molar-refractivity contribution in [3.63, 3.8) is 0 Å². The second-order valence-corrected chi connectivity index (χ2v) is 5.33. The number of rotatable bonds is 7. The molecule has 0 aliphatic rings. The lowest BCUT2D eigenvalue weighted by Crippen LogP contribution is -2.40. The summed E-state index contributed by atoms with van der Waals surface area (Å²) in [5.74, 6) is -0.305. The van der Waals surface area contributed by atoms with Gasteiger partial charge in [0.15, 0.2) is 0 Å². The van der Waals surface area contributed by atoms with Gasteiger partial charge in [0.25, 0.3) is 11.8 Å². The highest BCUT2D eigenvalue weighted by Crippen LogP contribution is 2.08. The maximum Gasteiger partial charge on any atom is 0.253 e. The van der Waals surface area contributed by atoms with Crippen LogP contribution in [0.15, 0.2) is 24.3 Å². The minimum atomic E-state index is -0.185. The van der Waals surface area contributed by atoms with E-state index >= 15 is 0 Å². The summed E-state index contributed by atoms with van der Waals surface area (Å²) in [4.78, 5) is 25.6. The van der Waals surface area contributed by atoms with Crippen LogP contribution in [0.3, 0.4) is 0 Å². The minimum absolute atomic E-state index is 0. The standard InChI is InChI=1S/C16H25N3O2.ClH/c1-4-5-9-14(11-17)18-15(20)12-7-6-8-13(10-12)16(21)19(2)3;/h6-8,10,14H,4-5,9,11,17H2,1-3H3,(H,18,20);1H. The molecule has 1 unspecified atom stereocenters. The Morgan fingerprint density at radius 1 is 1.27 bits per heavy atom. The first-order chi connectivity index (χ1) is 9.99. The summed E-state index contributed by atoms with van der Waals surface area (Å²) in [7, 11) is 3.37. The fourth-order valence-corrected chi connectivity index (χ4v) is 2.02. The van der Waals surface area contributed by atoms with Crippen LogP contribution in [0.25, 0.3) is 0 Å². The normalized spacial score (nSPS) is 11.3. The molecule has 0 saturated heterocycles. The summed E-state index contributed by atoms with van der Waals surface area (Å²) in [5, 5.41) is 2.92. The average Bonchev–Trinajstić information content (AvgIpc) is 2.50. The lowest BCUT2D eigenvalue weighted by atomic mass is 10.1. The monoisotopic (exact) mass is 327 g/mol. The number of unbranched alkanes of at least 4 members (excludes halogenated alkanes) is 1. The van der Waals surface area contributed by atoms with E-state index in [0.717, 1.165) is 19.3 Å². The van der Waals surface area contributed by atoms with Crippen molar-refractivity contribution in [2.24, 2.45) is 5.73 Å². The van der Waals surface area contributed by atoms with Crippen LogP contribution in [0.4, 0.5) is 0 Å². The van der Waals surface area contributed by atoms with Gasteiger partial charge in [0.1, 0.15) is 0 Å². The van der Waals surface area contributed by atoms with E-state index in [4.69, 9.17) is 5.73 Å². The molecule has 1 atom stereocenters. The molecule has 124 valence electrons. The molecule has 0 saturated carbocycles. The van der Waals surface area contributed by atoms with Crippen LogP contribution in [0, 0.1) is 0 Å². The molecule has 0 bridgehead atoms. The second-order valence-electron chi connectivity index (χ2n) is 5.33. The van der Waals surface area contributed by atoms with Crippen molar-refractivity contribution >= 4 is 24.2 Å². The fraction of sp³-hybridized carbons (Fsp3) is 0.500. The lowest BCUT2D eigenvalue weighted by molar-refractivity contribution is 0.0827. The van der Waals surface area contributed by atoms with E-state index in [2.05, 4.69) is 12.2 Å². The molecule has 1 aromatic rings. The SMILES string of the molecule is CCCCC(CN)NC(=O)c1cccc(C(=O)N(C)C)c1.Cl. The highest BCUT2D eigenvalue weighted by molar-refractivity contribution is 5.99. The van der Waals surface area contributed by atoms with Gasteiger partial charge >= 0.3 is 0 Å². The predicted octanol–water partition coefficient (Wildman–Crippen LogP) is 2.06. The number of nitrogens with zero attached hydrogens (tertiary/aromatic N) is 1. The second kappa shape index (κ2) is 10.2. The quantitative estimate of drug-likeness (QED) is 0.805. The Bertz CT molecular complexity index is 492. The molecular formula is C16H26ClN3O2. The van der Waals surface area contributed by atoms with Crippen LogP contribution in [0.1, 0.15) is 46.9 Å². The molecule has 0 spiro atoms. The molecule has 0 aliphatic heterocycles. The molecule has 0 radical (unpaired) electrons. The molecule has 2 amide bonds. The number of carbonyl (C=O) groups is 2. The Labute approximate surface area is 138 Å². The summed E-state index contributed by atoms with van der Waals surface area (Å²) < 4.78 is 0. The smallest absolute Gasteiger partial charge is 0.253 e. The van der Waals surface area contributed by atoms with Gasteiger partial charge in [-0.05, 0) is 24.6 Å². The predicted molar refractivity (Wildman–Crippen MR) is 91.5 cm³/mol. The van der Waals surface area contributed by atoms with Crippen LogP contribution < -0.4 is 11.1 Å². The van der Waals surface area contributed by atoms with E-state index in [0.29, 0.717) is 17.7 Å². The van der Waals surface area contributed by atoms with Crippen LogP contribution in [0.5, 0.6) is 0 Å². The number of hydrogen-bond acceptors (Lipinski definition) is 3. The summed E-state index contributed by atoms with van der Waals surface area (Å²) >= 11 is 0. The lowest BCUT2D eigenvalue weighted by Gasteiger charge is -2.17. The van der Waals surface area contributed by atoms with Crippen molar-refractivity contribution in [1.82, 2.24) is 10.2 Å². The van der Waals surface area contributed by atoms with E-state index in [1.807, 2.05) is 0 Å². The number of hydrogen-bond donors (Lipinski definition) is 2. The highest BCUT2D eigenvalue weighted by Gasteiger charge is 2.14. The zero-order valence-corrected chi connectivity index (χ0v) is 14.3. The molecule has 22 heavy (non-hydrogen) atoms. The topological polar surface area (TPSA) is 75.4 Å². The summed E-state index contributed by atoms with van der Waals surface area (Å²) in [6.45, 7) is 2.52. The molecule has 6 heteroatoms. The summed E-state index contributed by atoms with van der Waals surface area (Å²) in [6.07, 6.45) is 2.97. The number of halogens is 1. The minimum Gasteiger partial charge on any atom is -0.348 e. The first-order valence-electron chi connectivity index (χ1n) is 7.32. The van der Waals surface area contributed by atoms with Crippen molar-refractivity contribution in [3.05, 3.63) is 35.4 Å². The van der Waals surface area contributed by atoms with E-state index in [1.165, 1.54) is 4.90 Å². The fourth-order valence-electron chi connectivity index (χ4n) is 2.02. The third kappa shape index (κ3) is 6.03. The van der Waals surface area contributed by atoms with E-state index in [1.54, 1.807) is 38.4 Å².